The molecule has 0 saturated heterocycles. The monoisotopic (exact) mass is 311 g/mol. The topological polar surface area (TPSA) is 42.1 Å². The lowest BCUT2D eigenvalue weighted by Gasteiger charge is -2.18. The zero-order valence-electron chi connectivity index (χ0n) is 12.7. The lowest BCUT2D eigenvalue weighted by atomic mass is 9.95. The molecule has 3 rings (SSSR count). The SMILES string of the molecule is CN(C)Cc1c(N)nc2ccc(Cl)cc2c1-c1ccccc1. The van der Waals surface area contributed by atoms with Gasteiger partial charge in [-0.05, 0) is 43.4 Å². The fraction of sp³-hybridized carbons (Fsp3) is 0.167. The van der Waals surface area contributed by atoms with Gasteiger partial charge in [-0.15, -0.1) is 0 Å². The zero-order valence-corrected chi connectivity index (χ0v) is 13.4. The van der Waals surface area contributed by atoms with E-state index in [2.05, 4.69) is 22.0 Å². The van der Waals surface area contributed by atoms with Crippen molar-refractivity contribution in [3.63, 3.8) is 0 Å². The van der Waals surface area contributed by atoms with Crippen molar-refractivity contribution in [2.24, 2.45) is 0 Å². The Hall–Kier alpha value is -2.10. The Labute approximate surface area is 135 Å². The minimum Gasteiger partial charge on any atom is -0.383 e. The molecular weight excluding hydrogens is 294 g/mol. The third kappa shape index (κ3) is 2.78. The van der Waals surface area contributed by atoms with Crippen molar-refractivity contribution in [3.05, 3.63) is 59.1 Å². The van der Waals surface area contributed by atoms with E-state index in [1.807, 2.05) is 50.5 Å². The first-order valence-corrected chi connectivity index (χ1v) is 7.52. The summed E-state index contributed by atoms with van der Waals surface area (Å²) in [6.07, 6.45) is 0. The molecule has 1 aromatic heterocycles. The molecule has 0 radical (unpaired) electrons. The van der Waals surface area contributed by atoms with Crippen LogP contribution in [0, 0.1) is 0 Å². The van der Waals surface area contributed by atoms with Crippen molar-refractivity contribution >= 4 is 28.3 Å². The van der Waals surface area contributed by atoms with Gasteiger partial charge in [-0.2, -0.15) is 0 Å². The summed E-state index contributed by atoms with van der Waals surface area (Å²) in [5, 5.41) is 1.73. The highest BCUT2D eigenvalue weighted by Crippen LogP contribution is 2.35. The molecule has 4 heteroatoms. The van der Waals surface area contributed by atoms with Crippen molar-refractivity contribution in [2.45, 2.75) is 6.54 Å². The van der Waals surface area contributed by atoms with E-state index in [0.29, 0.717) is 10.8 Å². The summed E-state index contributed by atoms with van der Waals surface area (Å²) in [6, 6.07) is 16.0. The second kappa shape index (κ2) is 5.95. The summed E-state index contributed by atoms with van der Waals surface area (Å²) >= 11 is 6.21. The smallest absolute Gasteiger partial charge is 0.129 e. The van der Waals surface area contributed by atoms with E-state index in [4.69, 9.17) is 17.3 Å². The van der Waals surface area contributed by atoms with E-state index in [1.165, 1.54) is 0 Å². The average molecular weight is 312 g/mol. The van der Waals surface area contributed by atoms with Gasteiger partial charge >= 0.3 is 0 Å². The van der Waals surface area contributed by atoms with Gasteiger partial charge in [0.25, 0.3) is 0 Å². The molecule has 0 amide bonds. The number of benzene rings is 2. The van der Waals surface area contributed by atoms with Crippen LogP contribution in [0.1, 0.15) is 5.56 Å². The fourth-order valence-corrected chi connectivity index (χ4v) is 2.88. The van der Waals surface area contributed by atoms with Crippen LogP contribution < -0.4 is 5.73 Å². The van der Waals surface area contributed by atoms with E-state index in [-0.39, 0.29) is 0 Å². The summed E-state index contributed by atoms with van der Waals surface area (Å²) in [7, 11) is 4.05. The van der Waals surface area contributed by atoms with Crippen LogP contribution in [0.3, 0.4) is 0 Å². The Morgan fingerprint density at radius 2 is 1.82 bits per heavy atom. The van der Waals surface area contributed by atoms with Crippen molar-refractivity contribution in [3.8, 4) is 11.1 Å². The number of pyridine rings is 1. The first kappa shape index (κ1) is 14.8. The quantitative estimate of drug-likeness (QED) is 0.788. The number of nitrogen functional groups attached to an aromatic ring is 1. The molecule has 3 nitrogen and oxygen atoms in total. The van der Waals surface area contributed by atoms with Crippen LogP contribution in [0.25, 0.3) is 22.0 Å². The normalized spacial score (nSPS) is 11.3. The van der Waals surface area contributed by atoms with Crippen LogP contribution in [0.15, 0.2) is 48.5 Å². The third-order valence-electron chi connectivity index (χ3n) is 3.62. The minimum atomic E-state index is 0.572. The molecule has 1 heterocycles. The third-order valence-corrected chi connectivity index (χ3v) is 3.85. The molecule has 2 aromatic carbocycles. The summed E-state index contributed by atoms with van der Waals surface area (Å²) in [4.78, 5) is 6.64. The van der Waals surface area contributed by atoms with E-state index in [9.17, 15) is 0 Å². The first-order valence-electron chi connectivity index (χ1n) is 7.14. The summed E-state index contributed by atoms with van der Waals surface area (Å²) in [6.45, 7) is 0.728. The zero-order chi connectivity index (χ0) is 15.7. The molecule has 0 atom stereocenters. The summed E-state index contributed by atoms with van der Waals surface area (Å²) < 4.78 is 0. The molecule has 112 valence electrons. The number of hydrogen-bond acceptors (Lipinski definition) is 3. The largest absolute Gasteiger partial charge is 0.383 e. The predicted molar refractivity (Wildman–Crippen MR) is 94.0 cm³/mol. The highest BCUT2D eigenvalue weighted by molar-refractivity contribution is 6.31. The molecule has 0 aliphatic rings. The van der Waals surface area contributed by atoms with E-state index in [1.54, 1.807) is 0 Å². The Kier molecular flexibility index (Phi) is 4.01. The molecular formula is C18H18ClN3. The Morgan fingerprint density at radius 3 is 2.50 bits per heavy atom. The molecule has 22 heavy (non-hydrogen) atoms. The maximum absolute atomic E-state index is 6.24. The van der Waals surface area contributed by atoms with Crippen molar-refractivity contribution in [2.75, 3.05) is 19.8 Å². The lowest BCUT2D eigenvalue weighted by molar-refractivity contribution is 0.403. The number of nitrogens with two attached hydrogens (primary N) is 1. The van der Waals surface area contributed by atoms with Gasteiger partial charge in [0.2, 0.25) is 0 Å². The number of halogens is 1. The Balaban J connectivity index is 2.39. The van der Waals surface area contributed by atoms with Crippen LogP contribution in [0.5, 0.6) is 0 Å². The maximum Gasteiger partial charge on any atom is 0.129 e. The van der Waals surface area contributed by atoms with Crippen LogP contribution in [0.2, 0.25) is 5.02 Å². The Morgan fingerprint density at radius 1 is 1.09 bits per heavy atom. The molecule has 0 saturated carbocycles. The highest BCUT2D eigenvalue weighted by Gasteiger charge is 2.16. The standard InChI is InChI=1S/C18H18ClN3/c1-22(2)11-15-17(12-6-4-3-5-7-12)14-10-13(19)8-9-16(14)21-18(15)20/h3-10H,11H2,1-2H3,(H2,20,21). The molecule has 2 N–H and O–H groups in total. The molecule has 0 spiro atoms. The van der Waals surface area contributed by atoms with Crippen LogP contribution in [-0.2, 0) is 6.54 Å². The maximum atomic E-state index is 6.24. The second-order valence-corrected chi connectivity index (χ2v) is 6.05. The van der Waals surface area contributed by atoms with Gasteiger partial charge in [-0.1, -0.05) is 41.9 Å². The molecule has 0 unspecified atom stereocenters. The number of anilines is 1. The molecule has 3 aromatic rings. The van der Waals surface area contributed by atoms with E-state index >= 15 is 0 Å². The molecule has 0 aliphatic carbocycles. The van der Waals surface area contributed by atoms with Gasteiger partial charge in [-0.25, -0.2) is 4.98 Å². The summed E-state index contributed by atoms with van der Waals surface area (Å²) in [5.41, 5.74) is 10.4. The molecule has 0 bridgehead atoms. The number of fused-ring (bicyclic) bond motifs is 1. The van der Waals surface area contributed by atoms with Crippen molar-refractivity contribution < 1.29 is 0 Å². The van der Waals surface area contributed by atoms with Gasteiger partial charge in [0.1, 0.15) is 5.82 Å². The van der Waals surface area contributed by atoms with E-state index in [0.717, 1.165) is 34.1 Å². The minimum absolute atomic E-state index is 0.572. The Bertz CT molecular complexity index is 813. The molecule has 0 aliphatic heterocycles. The number of hydrogen-bond donors (Lipinski definition) is 1. The van der Waals surface area contributed by atoms with Gasteiger partial charge in [-0.3, -0.25) is 0 Å². The van der Waals surface area contributed by atoms with Crippen molar-refractivity contribution in [1.29, 1.82) is 0 Å². The van der Waals surface area contributed by atoms with Gasteiger partial charge in [0, 0.05) is 22.5 Å². The fourth-order valence-electron chi connectivity index (χ4n) is 2.70. The highest BCUT2D eigenvalue weighted by atomic mass is 35.5. The lowest BCUT2D eigenvalue weighted by Crippen LogP contribution is -2.14. The van der Waals surface area contributed by atoms with Crippen LogP contribution >= 0.6 is 11.6 Å². The van der Waals surface area contributed by atoms with E-state index < -0.39 is 0 Å². The number of aromatic nitrogens is 1. The van der Waals surface area contributed by atoms with Crippen LogP contribution in [-0.4, -0.2) is 24.0 Å². The molecule has 0 fully saturated rings. The number of nitrogens with zero attached hydrogens (tertiary/aromatic N) is 2. The predicted octanol–water partition coefficient (Wildman–Crippen LogP) is 4.20. The second-order valence-electron chi connectivity index (χ2n) is 5.62. The number of rotatable bonds is 3. The van der Waals surface area contributed by atoms with Gasteiger partial charge < -0.3 is 10.6 Å². The van der Waals surface area contributed by atoms with Crippen LogP contribution in [0.4, 0.5) is 5.82 Å². The average Bonchev–Trinajstić information content (AvgIpc) is 2.49. The first-order chi connectivity index (χ1) is 10.6. The van der Waals surface area contributed by atoms with Gasteiger partial charge in [0.05, 0.1) is 5.52 Å². The van der Waals surface area contributed by atoms with Crippen molar-refractivity contribution in [1.82, 2.24) is 9.88 Å². The summed E-state index contributed by atoms with van der Waals surface area (Å²) in [5.74, 6) is 0.572. The van der Waals surface area contributed by atoms with Gasteiger partial charge in [0.15, 0.2) is 0 Å².